The second-order valence-corrected chi connectivity index (χ2v) is 5.72. The molecule has 0 aromatic carbocycles. The Morgan fingerprint density at radius 1 is 1.15 bits per heavy atom. The third-order valence-corrected chi connectivity index (χ3v) is 3.70. The van der Waals surface area contributed by atoms with Crippen molar-refractivity contribution in [1.82, 2.24) is 10.2 Å². The van der Waals surface area contributed by atoms with Crippen molar-refractivity contribution in [3.8, 4) is 0 Å². The summed E-state index contributed by atoms with van der Waals surface area (Å²) in [6, 6.07) is 4.70. The molecule has 1 aromatic heterocycles. The number of nitrogens with zero attached hydrogens (tertiary/aromatic N) is 1. The number of hydrogen-bond acceptors (Lipinski definition) is 3. The van der Waals surface area contributed by atoms with E-state index >= 15 is 0 Å². The molecule has 1 aromatic rings. The van der Waals surface area contributed by atoms with Crippen LogP contribution in [0.25, 0.3) is 0 Å². The van der Waals surface area contributed by atoms with Crippen molar-refractivity contribution in [3.05, 3.63) is 23.7 Å². The first-order valence-electron chi connectivity index (χ1n) is 7.18. The summed E-state index contributed by atoms with van der Waals surface area (Å²) in [5, 5.41) is 3.42. The van der Waals surface area contributed by atoms with E-state index in [1.54, 1.807) is 0 Å². The first kappa shape index (κ1) is 19.8. The smallest absolute Gasteiger partial charge is 0.121 e. The number of hydrogen-bond donors (Lipinski definition) is 1. The number of piperazine rings is 1. The highest BCUT2D eigenvalue weighted by Gasteiger charge is 2.24. The molecule has 0 spiro atoms. The van der Waals surface area contributed by atoms with Gasteiger partial charge in [0.05, 0.1) is 6.04 Å². The first-order valence-corrected chi connectivity index (χ1v) is 7.18. The van der Waals surface area contributed by atoms with Crippen LogP contribution in [0.4, 0.5) is 0 Å². The molecular weight excluding hydrogens is 295 g/mol. The van der Waals surface area contributed by atoms with E-state index in [0.717, 1.165) is 43.6 Å². The average molecular weight is 323 g/mol. The summed E-state index contributed by atoms with van der Waals surface area (Å²) >= 11 is 0. The molecule has 0 amide bonds. The molecule has 118 valence electrons. The quantitative estimate of drug-likeness (QED) is 0.893. The zero-order chi connectivity index (χ0) is 13.0. The lowest BCUT2D eigenvalue weighted by Crippen LogP contribution is -2.45. The number of furan rings is 1. The van der Waals surface area contributed by atoms with Gasteiger partial charge in [0.25, 0.3) is 0 Å². The minimum Gasteiger partial charge on any atom is -0.465 e. The van der Waals surface area contributed by atoms with Crippen molar-refractivity contribution < 1.29 is 4.42 Å². The van der Waals surface area contributed by atoms with Crippen LogP contribution in [0.15, 0.2) is 16.5 Å². The SMILES string of the molecule is Cc1ccc([C@H](CCC(C)C)N2CCNCC2)o1.Cl.Cl. The van der Waals surface area contributed by atoms with E-state index in [2.05, 4.69) is 36.2 Å². The van der Waals surface area contributed by atoms with Gasteiger partial charge in [0.15, 0.2) is 0 Å². The standard InChI is InChI=1S/C15H26N2O.2ClH/c1-12(2)4-6-14(15-7-5-13(3)18-15)17-10-8-16-9-11-17;;/h5,7,12,14,16H,4,6,8-11H2,1-3H3;2*1H/t14-;;/m0../s1. The summed E-state index contributed by atoms with van der Waals surface area (Å²) in [6.07, 6.45) is 2.46. The highest BCUT2D eigenvalue weighted by Crippen LogP contribution is 2.29. The Balaban J connectivity index is 0.00000180. The maximum Gasteiger partial charge on any atom is 0.121 e. The highest BCUT2D eigenvalue weighted by molar-refractivity contribution is 5.85. The van der Waals surface area contributed by atoms with Gasteiger partial charge < -0.3 is 9.73 Å². The van der Waals surface area contributed by atoms with Gasteiger partial charge in [-0.2, -0.15) is 0 Å². The van der Waals surface area contributed by atoms with Gasteiger partial charge in [0, 0.05) is 26.2 Å². The van der Waals surface area contributed by atoms with Crippen molar-refractivity contribution in [2.24, 2.45) is 5.92 Å². The molecule has 1 saturated heterocycles. The maximum atomic E-state index is 5.87. The van der Waals surface area contributed by atoms with Gasteiger partial charge in [0.1, 0.15) is 11.5 Å². The summed E-state index contributed by atoms with van der Waals surface area (Å²) in [6.45, 7) is 11.1. The Morgan fingerprint density at radius 2 is 1.80 bits per heavy atom. The third-order valence-electron chi connectivity index (χ3n) is 3.70. The van der Waals surface area contributed by atoms with Crippen molar-refractivity contribution in [3.63, 3.8) is 0 Å². The second-order valence-electron chi connectivity index (χ2n) is 5.72. The van der Waals surface area contributed by atoms with Crippen LogP contribution in [-0.2, 0) is 0 Å². The Morgan fingerprint density at radius 3 is 2.30 bits per heavy atom. The van der Waals surface area contributed by atoms with Gasteiger partial charge in [0.2, 0.25) is 0 Å². The van der Waals surface area contributed by atoms with Crippen LogP contribution in [0.5, 0.6) is 0 Å². The van der Waals surface area contributed by atoms with E-state index in [1.165, 1.54) is 12.8 Å². The Hall–Kier alpha value is -0.220. The zero-order valence-electron chi connectivity index (χ0n) is 12.7. The molecule has 1 N–H and O–H groups in total. The van der Waals surface area contributed by atoms with Crippen molar-refractivity contribution >= 4 is 24.8 Å². The maximum absolute atomic E-state index is 5.87. The van der Waals surface area contributed by atoms with Gasteiger partial charge >= 0.3 is 0 Å². The van der Waals surface area contributed by atoms with Crippen molar-refractivity contribution in [1.29, 1.82) is 0 Å². The van der Waals surface area contributed by atoms with Gasteiger partial charge in [-0.15, -0.1) is 24.8 Å². The molecule has 1 fully saturated rings. The van der Waals surface area contributed by atoms with E-state index in [9.17, 15) is 0 Å². The first-order chi connectivity index (χ1) is 8.66. The fourth-order valence-corrected chi connectivity index (χ4v) is 2.62. The Bertz CT molecular complexity index is 363. The molecule has 2 rings (SSSR count). The number of rotatable bonds is 5. The molecule has 3 nitrogen and oxygen atoms in total. The summed E-state index contributed by atoms with van der Waals surface area (Å²) < 4.78 is 5.87. The van der Waals surface area contributed by atoms with Gasteiger partial charge in [-0.3, -0.25) is 4.90 Å². The number of aryl methyl sites for hydroxylation is 1. The molecular formula is C15H28Cl2N2O. The van der Waals surface area contributed by atoms with Crippen molar-refractivity contribution in [2.75, 3.05) is 26.2 Å². The molecule has 1 atom stereocenters. The molecule has 1 aliphatic heterocycles. The lowest BCUT2D eigenvalue weighted by atomic mass is 10.00. The van der Waals surface area contributed by atoms with E-state index in [1.807, 2.05) is 6.92 Å². The van der Waals surface area contributed by atoms with E-state index in [0.29, 0.717) is 6.04 Å². The van der Waals surface area contributed by atoms with Gasteiger partial charge in [-0.25, -0.2) is 0 Å². The third kappa shape index (κ3) is 5.65. The van der Waals surface area contributed by atoms with E-state index in [4.69, 9.17) is 4.42 Å². The fraction of sp³-hybridized carbons (Fsp3) is 0.733. The molecule has 0 bridgehead atoms. The van der Waals surface area contributed by atoms with Crippen molar-refractivity contribution in [2.45, 2.75) is 39.7 Å². The Labute approximate surface area is 135 Å². The molecule has 20 heavy (non-hydrogen) atoms. The van der Waals surface area contributed by atoms with Crippen LogP contribution in [0, 0.1) is 12.8 Å². The minimum absolute atomic E-state index is 0. The van der Waals surface area contributed by atoms with Crippen LogP contribution in [-0.4, -0.2) is 31.1 Å². The zero-order valence-corrected chi connectivity index (χ0v) is 14.4. The van der Waals surface area contributed by atoms with E-state index in [-0.39, 0.29) is 24.8 Å². The monoisotopic (exact) mass is 322 g/mol. The van der Waals surface area contributed by atoms with Crippen LogP contribution in [0.2, 0.25) is 0 Å². The summed E-state index contributed by atoms with van der Waals surface area (Å²) in [7, 11) is 0. The molecule has 2 heterocycles. The molecule has 5 heteroatoms. The average Bonchev–Trinajstić information content (AvgIpc) is 2.77. The lowest BCUT2D eigenvalue weighted by Gasteiger charge is -2.34. The lowest BCUT2D eigenvalue weighted by molar-refractivity contribution is 0.140. The van der Waals surface area contributed by atoms with Crippen LogP contribution < -0.4 is 5.32 Å². The van der Waals surface area contributed by atoms with Crippen LogP contribution in [0.3, 0.4) is 0 Å². The molecule has 1 aliphatic rings. The number of nitrogens with one attached hydrogen (secondary N) is 1. The highest BCUT2D eigenvalue weighted by atomic mass is 35.5. The second kappa shape index (κ2) is 9.67. The van der Waals surface area contributed by atoms with E-state index < -0.39 is 0 Å². The van der Waals surface area contributed by atoms with Crippen LogP contribution in [0.1, 0.15) is 44.3 Å². The summed E-state index contributed by atoms with van der Waals surface area (Å²) in [5.41, 5.74) is 0. The van der Waals surface area contributed by atoms with Gasteiger partial charge in [-0.1, -0.05) is 13.8 Å². The van der Waals surface area contributed by atoms with Gasteiger partial charge in [-0.05, 0) is 37.8 Å². The molecule has 0 aliphatic carbocycles. The predicted octanol–water partition coefficient (Wildman–Crippen LogP) is 3.81. The summed E-state index contributed by atoms with van der Waals surface area (Å²) in [4.78, 5) is 2.57. The molecule has 0 saturated carbocycles. The topological polar surface area (TPSA) is 28.4 Å². The Kier molecular flexibility index (Phi) is 9.56. The normalized spacial score (nSPS) is 17.4. The molecule has 0 radical (unpaired) electrons. The van der Waals surface area contributed by atoms with Crippen LogP contribution >= 0.6 is 24.8 Å². The predicted molar refractivity (Wildman–Crippen MR) is 89.2 cm³/mol. The fourth-order valence-electron chi connectivity index (χ4n) is 2.62. The molecule has 0 unspecified atom stereocenters. The summed E-state index contributed by atoms with van der Waals surface area (Å²) in [5.74, 6) is 2.93. The number of halogens is 2. The largest absolute Gasteiger partial charge is 0.465 e. The minimum atomic E-state index is 0.